The van der Waals surface area contributed by atoms with Crippen molar-refractivity contribution < 1.29 is 28.6 Å². The quantitative estimate of drug-likeness (QED) is 0.690. The van der Waals surface area contributed by atoms with Crippen LogP contribution in [0.4, 0.5) is 5.69 Å². The summed E-state index contributed by atoms with van der Waals surface area (Å²) in [5.74, 6) is -0.231. The third-order valence-electron chi connectivity index (χ3n) is 6.43. The lowest BCUT2D eigenvalue weighted by Gasteiger charge is -2.43. The summed E-state index contributed by atoms with van der Waals surface area (Å²) in [7, 11) is 0. The number of benzene rings is 1. The summed E-state index contributed by atoms with van der Waals surface area (Å²) in [4.78, 5) is 41.0. The monoisotopic (exact) mass is 454 g/mol. The molecule has 33 heavy (non-hydrogen) atoms. The van der Waals surface area contributed by atoms with Crippen molar-refractivity contribution in [2.75, 3.05) is 18.3 Å². The molecule has 1 fully saturated rings. The smallest absolute Gasteiger partial charge is 0.358 e. The van der Waals surface area contributed by atoms with Gasteiger partial charge in [-0.2, -0.15) is 5.10 Å². The van der Waals surface area contributed by atoms with Crippen LogP contribution in [-0.2, 0) is 16.1 Å². The molecular formula is C23H26N4O6. The zero-order chi connectivity index (χ0) is 23.2. The van der Waals surface area contributed by atoms with Crippen LogP contribution >= 0.6 is 0 Å². The molecule has 10 nitrogen and oxygen atoms in total. The summed E-state index contributed by atoms with van der Waals surface area (Å²) in [6.45, 7) is 3.79. The molecule has 1 aliphatic carbocycles. The van der Waals surface area contributed by atoms with Crippen LogP contribution in [0.1, 0.15) is 60.5 Å². The van der Waals surface area contributed by atoms with E-state index in [2.05, 4.69) is 10.4 Å². The molecule has 174 valence electrons. The van der Waals surface area contributed by atoms with Gasteiger partial charge in [0.25, 0.3) is 5.91 Å². The fourth-order valence-electron chi connectivity index (χ4n) is 4.73. The van der Waals surface area contributed by atoms with Crippen molar-refractivity contribution >= 4 is 23.5 Å². The van der Waals surface area contributed by atoms with E-state index in [-0.39, 0.29) is 43.3 Å². The van der Waals surface area contributed by atoms with E-state index in [1.54, 1.807) is 32.0 Å². The number of amides is 2. The molecular weight excluding hydrogens is 428 g/mol. The number of anilines is 1. The Morgan fingerprint density at radius 2 is 1.97 bits per heavy atom. The molecule has 0 spiro atoms. The van der Waals surface area contributed by atoms with Crippen LogP contribution in [0, 0.1) is 0 Å². The number of ether oxygens (including phenoxy) is 3. The van der Waals surface area contributed by atoms with Crippen LogP contribution in [-0.4, -0.2) is 52.5 Å². The fraction of sp³-hybridized carbons (Fsp3) is 0.478. The average Bonchev–Trinajstić information content (AvgIpc) is 3.54. The molecule has 1 N–H and O–H groups in total. The summed E-state index contributed by atoms with van der Waals surface area (Å²) < 4.78 is 17.4. The maximum Gasteiger partial charge on any atom is 0.358 e. The highest BCUT2D eigenvalue weighted by molar-refractivity contribution is 6.12. The molecule has 2 aromatic rings. The van der Waals surface area contributed by atoms with Crippen molar-refractivity contribution in [1.82, 2.24) is 15.1 Å². The van der Waals surface area contributed by atoms with Crippen molar-refractivity contribution in [2.24, 2.45) is 0 Å². The summed E-state index contributed by atoms with van der Waals surface area (Å²) in [5, 5.41) is 7.41. The molecule has 1 atom stereocenters. The van der Waals surface area contributed by atoms with Crippen LogP contribution in [0.5, 0.6) is 11.5 Å². The molecule has 3 heterocycles. The van der Waals surface area contributed by atoms with E-state index in [0.717, 1.165) is 25.7 Å². The van der Waals surface area contributed by atoms with Gasteiger partial charge in [0.1, 0.15) is 11.2 Å². The lowest BCUT2D eigenvalue weighted by molar-refractivity contribution is -0.127. The molecule has 0 bridgehead atoms. The van der Waals surface area contributed by atoms with E-state index in [1.165, 1.54) is 15.6 Å². The normalized spacial score (nSPS) is 21.8. The van der Waals surface area contributed by atoms with Gasteiger partial charge in [-0.05, 0) is 38.8 Å². The van der Waals surface area contributed by atoms with Gasteiger partial charge in [0.2, 0.25) is 12.7 Å². The largest absolute Gasteiger partial charge is 0.461 e. The van der Waals surface area contributed by atoms with Gasteiger partial charge in [-0.1, -0.05) is 12.8 Å². The lowest BCUT2D eigenvalue weighted by Crippen LogP contribution is -2.65. The number of carbonyl (C=O) groups excluding carboxylic acids is 3. The van der Waals surface area contributed by atoms with Gasteiger partial charge in [-0.15, -0.1) is 0 Å². The molecule has 1 saturated carbocycles. The maximum atomic E-state index is 13.7. The Bertz CT molecular complexity index is 1120. The minimum atomic E-state index is -1.28. The number of hydrogen-bond acceptors (Lipinski definition) is 7. The molecule has 3 aliphatic rings. The molecule has 0 radical (unpaired) electrons. The van der Waals surface area contributed by atoms with Gasteiger partial charge in [0, 0.05) is 23.9 Å². The molecule has 2 amide bonds. The SMILES string of the molecule is CCOC(=O)c1cc2n(n1)C[C@](C)(C(=O)NC1CCCC1)N(c1ccc3c(c1)OCO3)C2=O. The highest BCUT2D eigenvalue weighted by Crippen LogP contribution is 2.40. The molecule has 0 saturated heterocycles. The lowest BCUT2D eigenvalue weighted by atomic mass is 9.93. The Balaban J connectivity index is 1.56. The van der Waals surface area contributed by atoms with Gasteiger partial charge >= 0.3 is 5.97 Å². The second kappa shape index (κ2) is 8.09. The van der Waals surface area contributed by atoms with E-state index in [1.807, 2.05) is 0 Å². The fourth-order valence-corrected chi connectivity index (χ4v) is 4.73. The highest BCUT2D eigenvalue weighted by atomic mass is 16.7. The van der Waals surface area contributed by atoms with Crippen molar-refractivity contribution in [2.45, 2.75) is 57.7 Å². The minimum Gasteiger partial charge on any atom is -0.461 e. The van der Waals surface area contributed by atoms with Crippen LogP contribution in [0.3, 0.4) is 0 Å². The first-order valence-corrected chi connectivity index (χ1v) is 11.2. The first kappa shape index (κ1) is 21.3. The first-order chi connectivity index (χ1) is 15.9. The molecule has 1 aromatic carbocycles. The number of nitrogens with zero attached hydrogens (tertiary/aromatic N) is 3. The Labute approximate surface area is 190 Å². The minimum absolute atomic E-state index is 0.0336. The number of hydrogen-bond donors (Lipinski definition) is 1. The van der Waals surface area contributed by atoms with Gasteiger partial charge < -0.3 is 19.5 Å². The molecule has 10 heteroatoms. The predicted octanol–water partition coefficient (Wildman–Crippen LogP) is 2.27. The Morgan fingerprint density at radius 1 is 1.21 bits per heavy atom. The third-order valence-corrected chi connectivity index (χ3v) is 6.43. The van der Waals surface area contributed by atoms with Crippen LogP contribution in [0.2, 0.25) is 0 Å². The van der Waals surface area contributed by atoms with Crippen molar-refractivity contribution in [1.29, 1.82) is 0 Å². The predicted molar refractivity (Wildman–Crippen MR) is 116 cm³/mol. The van der Waals surface area contributed by atoms with Crippen molar-refractivity contribution in [3.8, 4) is 11.5 Å². The Kier molecular flexibility index (Phi) is 5.22. The number of aromatic nitrogens is 2. The number of rotatable bonds is 5. The Hall–Kier alpha value is -3.56. The molecule has 5 rings (SSSR count). The highest BCUT2D eigenvalue weighted by Gasteiger charge is 2.50. The Morgan fingerprint density at radius 3 is 2.73 bits per heavy atom. The van der Waals surface area contributed by atoms with E-state index in [0.29, 0.717) is 17.2 Å². The van der Waals surface area contributed by atoms with Crippen molar-refractivity contribution in [3.63, 3.8) is 0 Å². The maximum absolute atomic E-state index is 13.7. The number of carbonyl (C=O) groups is 3. The van der Waals surface area contributed by atoms with Gasteiger partial charge in [-0.3, -0.25) is 19.2 Å². The van der Waals surface area contributed by atoms with Gasteiger partial charge in [0.05, 0.1) is 13.2 Å². The summed E-state index contributed by atoms with van der Waals surface area (Å²) in [6, 6.07) is 6.63. The van der Waals surface area contributed by atoms with E-state index >= 15 is 0 Å². The van der Waals surface area contributed by atoms with E-state index < -0.39 is 17.4 Å². The number of fused-ring (bicyclic) bond motifs is 2. The van der Waals surface area contributed by atoms with Crippen LogP contribution < -0.4 is 19.7 Å². The zero-order valence-corrected chi connectivity index (χ0v) is 18.6. The standard InChI is InChI=1S/C23H26N4O6/c1-3-31-21(29)16-11-17-20(28)27(15-8-9-18-19(10-15)33-13-32-18)23(2,12-26(17)25-16)22(30)24-14-6-4-5-7-14/h8-11,14H,3-7,12-13H2,1-2H3,(H,24,30)/t23-/m1/s1. The number of esters is 1. The summed E-state index contributed by atoms with van der Waals surface area (Å²) >= 11 is 0. The van der Waals surface area contributed by atoms with E-state index in [9.17, 15) is 14.4 Å². The van der Waals surface area contributed by atoms with Gasteiger partial charge in [-0.25, -0.2) is 4.79 Å². The van der Waals surface area contributed by atoms with Crippen LogP contribution in [0.15, 0.2) is 24.3 Å². The third kappa shape index (κ3) is 3.59. The second-order valence-corrected chi connectivity index (χ2v) is 8.70. The zero-order valence-electron chi connectivity index (χ0n) is 18.6. The van der Waals surface area contributed by atoms with Gasteiger partial charge in [0.15, 0.2) is 17.2 Å². The van der Waals surface area contributed by atoms with E-state index in [4.69, 9.17) is 14.2 Å². The second-order valence-electron chi connectivity index (χ2n) is 8.70. The average molecular weight is 454 g/mol. The molecule has 0 unspecified atom stereocenters. The van der Waals surface area contributed by atoms with Crippen LogP contribution in [0.25, 0.3) is 0 Å². The number of nitrogens with one attached hydrogen (secondary N) is 1. The topological polar surface area (TPSA) is 112 Å². The molecule has 1 aromatic heterocycles. The summed E-state index contributed by atoms with van der Waals surface area (Å²) in [5.41, 5.74) is -0.537. The molecule has 2 aliphatic heterocycles. The summed E-state index contributed by atoms with van der Waals surface area (Å²) in [6.07, 6.45) is 3.97. The first-order valence-electron chi connectivity index (χ1n) is 11.2. The van der Waals surface area contributed by atoms with Crippen molar-refractivity contribution in [3.05, 3.63) is 35.7 Å².